The van der Waals surface area contributed by atoms with Crippen molar-refractivity contribution in [2.75, 3.05) is 0 Å². The molecule has 0 radical (unpaired) electrons. The van der Waals surface area contributed by atoms with Crippen LogP contribution >= 0.6 is 11.6 Å². The van der Waals surface area contributed by atoms with Gasteiger partial charge >= 0.3 is 0 Å². The molecule has 0 aliphatic rings. The Balaban J connectivity index is 2.14. The number of nitrogens with zero attached hydrogens (tertiary/aromatic N) is 1. The van der Waals surface area contributed by atoms with Gasteiger partial charge in [0, 0.05) is 17.3 Å². The van der Waals surface area contributed by atoms with Crippen LogP contribution in [0.5, 0.6) is 11.5 Å². The van der Waals surface area contributed by atoms with Crippen LogP contribution in [0, 0.1) is 0 Å². The van der Waals surface area contributed by atoms with E-state index in [4.69, 9.17) is 22.1 Å². The van der Waals surface area contributed by atoms with Gasteiger partial charge in [0.1, 0.15) is 11.5 Å². The van der Waals surface area contributed by atoms with E-state index in [-0.39, 0.29) is 6.04 Å². The van der Waals surface area contributed by atoms with Crippen LogP contribution in [0.1, 0.15) is 12.5 Å². The molecule has 1 aromatic carbocycles. The zero-order chi connectivity index (χ0) is 13.0. The highest BCUT2D eigenvalue weighted by molar-refractivity contribution is 6.31. The minimum absolute atomic E-state index is 0.0904. The summed E-state index contributed by atoms with van der Waals surface area (Å²) in [6, 6.07) is 9.38. The van der Waals surface area contributed by atoms with Gasteiger partial charge in [-0.05, 0) is 43.2 Å². The van der Waals surface area contributed by atoms with Crippen molar-refractivity contribution in [1.29, 1.82) is 0 Å². The quantitative estimate of drug-likeness (QED) is 0.918. The fourth-order valence-corrected chi connectivity index (χ4v) is 1.90. The lowest BCUT2D eigenvalue weighted by Crippen LogP contribution is -2.17. The molecular formula is C14H15ClN2O. The molecule has 0 amide bonds. The molecule has 0 saturated heterocycles. The third-order valence-electron chi connectivity index (χ3n) is 2.44. The van der Waals surface area contributed by atoms with E-state index in [1.165, 1.54) is 0 Å². The van der Waals surface area contributed by atoms with Crippen molar-refractivity contribution in [1.82, 2.24) is 4.98 Å². The van der Waals surface area contributed by atoms with Crippen LogP contribution < -0.4 is 10.5 Å². The summed E-state index contributed by atoms with van der Waals surface area (Å²) in [4.78, 5) is 3.99. The summed E-state index contributed by atoms with van der Waals surface area (Å²) >= 11 is 6.19. The molecule has 3 nitrogen and oxygen atoms in total. The first-order valence-corrected chi connectivity index (χ1v) is 6.15. The maximum atomic E-state index is 6.19. The average Bonchev–Trinajstić information content (AvgIpc) is 2.33. The number of benzene rings is 1. The highest BCUT2D eigenvalue weighted by Crippen LogP contribution is 2.26. The lowest BCUT2D eigenvalue weighted by atomic mass is 10.1. The summed E-state index contributed by atoms with van der Waals surface area (Å²) in [6.45, 7) is 1.95. The SMILES string of the molecule is CC(N)Cc1ccc(Oc2cccnc2)cc1Cl. The Kier molecular flexibility index (Phi) is 4.18. The molecule has 4 heteroatoms. The van der Waals surface area contributed by atoms with Crippen LogP contribution in [-0.2, 0) is 6.42 Å². The van der Waals surface area contributed by atoms with Gasteiger partial charge in [-0.25, -0.2) is 0 Å². The minimum Gasteiger partial charge on any atom is -0.456 e. The Bertz CT molecular complexity index is 514. The van der Waals surface area contributed by atoms with Gasteiger partial charge in [0.2, 0.25) is 0 Å². The van der Waals surface area contributed by atoms with Crippen molar-refractivity contribution >= 4 is 11.6 Å². The second-order valence-electron chi connectivity index (χ2n) is 4.23. The van der Waals surface area contributed by atoms with Crippen LogP contribution in [0.4, 0.5) is 0 Å². The lowest BCUT2D eigenvalue weighted by molar-refractivity contribution is 0.480. The van der Waals surface area contributed by atoms with E-state index in [1.54, 1.807) is 18.5 Å². The van der Waals surface area contributed by atoms with Crippen molar-refractivity contribution in [2.24, 2.45) is 5.73 Å². The molecule has 0 saturated carbocycles. The topological polar surface area (TPSA) is 48.1 Å². The number of rotatable bonds is 4. The maximum Gasteiger partial charge on any atom is 0.145 e. The molecule has 0 fully saturated rings. The van der Waals surface area contributed by atoms with E-state index < -0.39 is 0 Å². The number of nitrogens with two attached hydrogens (primary N) is 1. The smallest absolute Gasteiger partial charge is 0.145 e. The Hall–Kier alpha value is -1.58. The molecule has 2 N–H and O–H groups in total. The van der Waals surface area contributed by atoms with Crippen molar-refractivity contribution in [3.8, 4) is 11.5 Å². The second kappa shape index (κ2) is 5.85. The van der Waals surface area contributed by atoms with Crippen LogP contribution in [-0.4, -0.2) is 11.0 Å². The molecular weight excluding hydrogens is 248 g/mol. The van der Waals surface area contributed by atoms with E-state index >= 15 is 0 Å². The van der Waals surface area contributed by atoms with Gasteiger partial charge in [0.25, 0.3) is 0 Å². The molecule has 0 aliphatic carbocycles. The van der Waals surface area contributed by atoms with Crippen molar-refractivity contribution in [2.45, 2.75) is 19.4 Å². The predicted molar refractivity (Wildman–Crippen MR) is 73.1 cm³/mol. The number of ether oxygens (including phenoxy) is 1. The van der Waals surface area contributed by atoms with Crippen LogP contribution in [0.3, 0.4) is 0 Å². The zero-order valence-corrected chi connectivity index (χ0v) is 10.9. The molecule has 0 aliphatic heterocycles. The number of hydrogen-bond acceptors (Lipinski definition) is 3. The van der Waals surface area contributed by atoms with Crippen molar-refractivity contribution < 1.29 is 4.74 Å². The minimum atomic E-state index is 0.0904. The van der Waals surface area contributed by atoms with E-state index in [9.17, 15) is 0 Å². The molecule has 18 heavy (non-hydrogen) atoms. The van der Waals surface area contributed by atoms with Gasteiger partial charge < -0.3 is 10.5 Å². The largest absolute Gasteiger partial charge is 0.456 e. The second-order valence-corrected chi connectivity index (χ2v) is 4.63. The highest BCUT2D eigenvalue weighted by atomic mass is 35.5. The van der Waals surface area contributed by atoms with Crippen molar-refractivity contribution in [3.05, 3.63) is 53.3 Å². The molecule has 1 aromatic heterocycles. The predicted octanol–water partition coefficient (Wildman–Crippen LogP) is 3.42. The molecule has 1 unspecified atom stereocenters. The van der Waals surface area contributed by atoms with Crippen LogP contribution in [0.15, 0.2) is 42.7 Å². The molecule has 2 aromatic rings. The third-order valence-corrected chi connectivity index (χ3v) is 2.79. The lowest BCUT2D eigenvalue weighted by Gasteiger charge is -2.10. The number of hydrogen-bond donors (Lipinski definition) is 1. The van der Waals surface area contributed by atoms with E-state index in [1.807, 2.05) is 31.2 Å². The summed E-state index contributed by atoms with van der Waals surface area (Å²) in [6.07, 6.45) is 4.11. The summed E-state index contributed by atoms with van der Waals surface area (Å²) < 4.78 is 5.64. The summed E-state index contributed by atoms with van der Waals surface area (Å²) in [5, 5.41) is 0.675. The van der Waals surface area contributed by atoms with Gasteiger partial charge in [-0.3, -0.25) is 4.98 Å². The average molecular weight is 263 g/mol. The summed E-state index contributed by atoms with van der Waals surface area (Å²) in [7, 11) is 0. The van der Waals surface area contributed by atoms with Gasteiger partial charge in [-0.15, -0.1) is 0 Å². The normalized spacial score (nSPS) is 12.2. The zero-order valence-electron chi connectivity index (χ0n) is 10.1. The molecule has 0 spiro atoms. The standard InChI is InChI=1S/C14H15ClN2O/c1-10(16)7-11-4-5-12(8-14(11)15)18-13-3-2-6-17-9-13/h2-6,8-10H,7,16H2,1H3. The molecule has 2 rings (SSSR count). The molecule has 1 atom stereocenters. The number of halogens is 1. The van der Waals surface area contributed by atoms with E-state index in [2.05, 4.69) is 4.98 Å². The molecule has 1 heterocycles. The number of pyridine rings is 1. The van der Waals surface area contributed by atoms with Gasteiger partial charge in [0.15, 0.2) is 0 Å². The first-order chi connectivity index (χ1) is 8.65. The Morgan fingerprint density at radius 1 is 1.33 bits per heavy atom. The summed E-state index contributed by atoms with van der Waals surface area (Å²) in [5.74, 6) is 1.38. The van der Waals surface area contributed by atoms with Gasteiger partial charge in [-0.1, -0.05) is 17.7 Å². The first-order valence-electron chi connectivity index (χ1n) is 5.77. The van der Waals surface area contributed by atoms with E-state index in [0.717, 1.165) is 12.0 Å². The molecule has 94 valence electrons. The monoisotopic (exact) mass is 262 g/mol. The highest BCUT2D eigenvalue weighted by Gasteiger charge is 2.05. The summed E-state index contributed by atoms with van der Waals surface area (Å²) in [5.41, 5.74) is 6.79. The molecule has 0 bridgehead atoms. The van der Waals surface area contributed by atoms with Crippen LogP contribution in [0.2, 0.25) is 5.02 Å². The maximum absolute atomic E-state index is 6.19. The Morgan fingerprint density at radius 3 is 2.78 bits per heavy atom. The first kappa shape index (κ1) is 12.9. The van der Waals surface area contributed by atoms with E-state index in [0.29, 0.717) is 16.5 Å². The van der Waals surface area contributed by atoms with Crippen LogP contribution in [0.25, 0.3) is 0 Å². The third kappa shape index (κ3) is 3.45. The van der Waals surface area contributed by atoms with Gasteiger partial charge in [0.05, 0.1) is 6.20 Å². The van der Waals surface area contributed by atoms with Crippen molar-refractivity contribution in [3.63, 3.8) is 0 Å². The van der Waals surface area contributed by atoms with Gasteiger partial charge in [-0.2, -0.15) is 0 Å². The fraction of sp³-hybridized carbons (Fsp3) is 0.214. The Morgan fingerprint density at radius 2 is 2.17 bits per heavy atom. The Labute approximate surface area is 112 Å². The fourth-order valence-electron chi connectivity index (χ4n) is 1.65. The number of aromatic nitrogens is 1.